The fourth-order valence-corrected chi connectivity index (χ4v) is 20.6. The molecule has 0 saturated heterocycles. The lowest BCUT2D eigenvalue weighted by atomic mass is 9.49. The summed E-state index contributed by atoms with van der Waals surface area (Å²) in [5.74, 6) is 2.74. The van der Waals surface area contributed by atoms with Crippen LogP contribution >= 0.6 is 0 Å². The number of ether oxygens (including phenoxy) is 10. The first-order valence-corrected chi connectivity index (χ1v) is 49.2. The van der Waals surface area contributed by atoms with E-state index in [4.69, 9.17) is 58.2 Å². The normalized spacial score (nSPS) is 24.9. The number of quaternary nitrogens is 1. The summed E-state index contributed by atoms with van der Waals surface area (Å²) < 4.78 is 57.5. The Hall–Kier alpha value is -8.62. The molecule has 134 heavy (non-hydrogen) atoms. The largest absolute Gasteiger partial charge is 0.508 e. The number of hydrogen-bond donors (Lipinski definition) is 12. The van der Waals surface area contributed by atoms with E-state index in [-0.39, 0.29) is 93.1 Å². The van der Waals surface area contributed by atoms with Gasteiger partial charge in [-0.2, -0.15) is 5.10 Å². The fraction of sp³-hybridized carbons (Fsp3) is 0.737. The van der Waals surface area contributed by atoms with E-state index in [1.807, 2.05) is 38.1 Å². The van der Waals surface area contributed by atoms with Gasteiger partial charge in [0.1, 0.15) is 48.3 Å². The van der Waals surface area contributed by atoms with Crippen LogP contribution in [-0.2, 0) is 114 Å². The van der Waals surface area contributed by atoms with Gasteiger partial charge >= 0.3 is 6.09 Å². The van der Waals surface area contributed by atoms with Crippen molar-refractivity contribution in [3.8, 4) is 5.75 Å². The zero-order valence-corrected chi connectivity index (χ0v) is 81.4. The number of nitrogens with one attached hydrogen (secondary N) is 9. The van der Waals surface area contributed by atoms with E-state index in [9.17, 15) is 58.2 Å². The topological polar surface area (TPSA) is 462 Å². The Morgan fingerprint density at radius 3 is 1.66 bits per heavy atom. The van der Waals surface area contributed by atoms with E-state index in [1.165, 1.54) is 12.5 Å². The number of aliphatic imine (C=N–C) groups is 1. The van der Waals surface area contributed by atoms with Gasteiger partial charge in [-0.05, 0) is 215 Å². The Kier molecular flexibility index (Phi) is 44.8. The van der Waals surface area contributed by atoms with E-state index < -0.39 is 101 Å². The molecule has 35 nitrogen and oxygen atoms in total. The van der Waals surface area contributed by atoms with Crippen molar-refractivity contribution in [2.24, 2.45) is 62.3 Å². The van der Waals surface area contributed by atoms with E-state index in [0.717, 1.165) is 105 Å². The third-order valence-electron chi connectivity index (χ3n) is 28.2. The molecule has 7 aliphatic rings. The smallest absolute Gasteiger partial charge is 0.407 e. The number of imide groups is 1. The molecule has 4 saturated carbocycles. The number of benzene rings is 2. The van der Waals surface area contributed by atoms with Crippen LogP contribution in [-0.4, -0.2) is 295 Å². The summed E-state index contributed by atoms with van der Waals surface area (Å²) in [5.41, 5.74) is 3.27. The molecule has 7 aliphatic carbocycles. The number of phenols is 1. The van der Waals surface area contributed by atoms with Crippen molar-refractivity contribution in [2.45, 2.75) is 244 Å². The van der Waals surface area contributed by atoms with Gasteiger partial charge < -0.3 is 110 Å². The van der Waals surface area contributed by atoms with Crippen molar-refractivity contribution >= 4 is 76.4 Å². The van der Waals surface area contributed by atoms with Gasteiger partial charge in [0.15, 0.2) is 0 Å². The molecule has 0 heterocycles. The average Bonchev–Trinajstić information content (AvgIpc) is 1.17. The maximum Gasteiger partial charge on any atom is 0.407 e. The number of aryl methyl sites for hydroxylation is 2. The number of aliphatic hydroxyl groups excluding tert-OH is 1. The number of hydrogen-bond acceptors (Lipinski definition) is 25. The van der Waals surface area contributed by atoms with Crippen LogP contribution in [0.5, 0.6) is 5.75 Å². The molecule has 2 unspecified atom stereocenters. The first kappa shape index (κ1) is 109. The third-order valence-corrected chi connectivity index (χ3v) is 28.2. The predicted octanol–water partition coefficient (Wildman–Crippen LogP) is 7.15. The number of alkyl carbamates (subject to hydrolysis) is 1. The molecule has 0 bridgehead atoms. The second kappa shape index (κ2) is 55.1. The van der Waals surface area contributed by atoms with Gasteiger partial charge in [-0.25, -0.2) is 4.79 Å². The molecule has 0 aromatic heterocycles. The Morgan fingerprint density at radius 2 is 1.08 bits per heavy atom. The molecule has 4 fully saturated rings. The van der Waals surface area contributed by atoms with Crippen molar-refractivity contribution in [3.05, 3.63) is 70.8 Å². The molecule has 0 aliphatic heterocycles. The minimum atomic E-state index is -1.47. The minimum Gasteiger partial charge on any atom is -0.508 e. The maximum absolute atomic E-state index is 14.9. The lowest BCUT2D eigenvalue weighted by Crippen LogP contribution is -2.60. The van der Waals surface area contributed by atoms with Crippen LogP contribution in [0.4, 0.5) is 10.5 Å². The number of carbonyl (C=O) groups excluding carboxylic acids is 10. The molecule has 0 radical (unpaired) electrons. The number of phenolic OH excluding ortho intramolecular Hbond substituents is 1. The van der Waals surface area contributed by atoms with Gasteiger partial charge in [0.25, 0.3) is 0 Å². The summed E-state index contributed by atoms with van der Waals surface area (Å²) >= 11 is 0. The van der Waals surface area contributed by atoms with Crippen LogP contribution in [0.2, 0.25) is 0 Å². The molecular formula is C99H158N13O22+. The van der Waals surface area contributed by atoms with Crippen LogP contribution in [0.1, 0.15) is 212 Å². The second-order valence-corrected chi connectivity index (χ2v) is 39.4. The summed E-state index contributed by atoms with van der Waals surface area (Å²) in [6.45, 7) is 19.6. The summed E-state index contributed by atoms with van der Waals surface area (Å²) in [4.78, 5) is 143. The number of hydrazone groups is 1. The quantitative estimate of drug-likeness (QED) is 0.00781. The molecule has 13 N–H and O–H groups in total. The summed E-state index contributed by atoms with van der Waals surface area (Å²) in [6.07, 6.45) is 20.0. The highest BCUT2D eigenvalue weighted by Gasteiger charge is 2.59. The van der Waals surface area contributed by atoms with Gasteiger partial charge in [-0.15, -0.1) is 0 Å². The van der Waals surface area contributed by atoms with Crippen molar-refractivity contribution in [3.63, 3.8) is 0 Å². The lowest BCUT2D eigenvalue weighted by molar-refractivity contribution is -0.869. The number of nitrogens with zero attached hydrogens (tertiary/aromatic N) is 3. The van der Waals surface area contributed by atoms with Crippen molar-refractivity contribution in [2.75, 3.05) is 185 Å². The molecule has 2 aromatic carbocycles. The van der Waals surface area contributed by atoms with E-state index >= 15 is 0 Å². The zero-order chi connectivity index (χ0) is 96.7. The number of fused-ring (bicyclic) bond motifs is 7. The highest BCUT2D eigenvalue weighted by molar-refractivity contribution is 6.44. The summed E-state index contributed by atoms with van der Waals surface area (Å²) in [5, 5.41) is 50.6. The number of aliphatic hydroxyl groups is 1. The number of allylic oxidation sites excluding steroid dienone is 2. The Balaban J connectivity index is 0.708. The fourth-order valence-electron chi connectivity index (χ4n) is 20.6. The second-order valence-electron chi connectivity index (χ2n) is 39.4. The van der Waals surface area contributed by atoms with Crippen LogP contribution in [0.3, 0.4) is 0 Å². The standard InChI is InChI=1S/C99H157N13O22/c1-67(2)87(92(121)105-68(3)89(118)108-80(64-113)91(120)106-71-31-27-69-29-33-82-96(4,76(69)62-71)37-20-39-98(82,6)93(122)110-94(123)99(7)40-21-38-97(5)77-63-72(114)32-28-70(77)30-34-83(97)99)109-90(119)79(107-85(116)36-47-126-51-55-130-59-61-132-57-53-128-49-44-104-95(124)134-65-75-73-22-14-11-12-15-23-74(73)75)25-18-19-41-102-86(117)66-133-81-26-17-13-16-24-78(88(81)111-100)101-43-48-127-52-56-131-60-58-129-54-50-125-46-35-84(115)103-42-45-112(8,9)10/h11-12,27-28,31-32,62-63,67-68,73-75,79-83,87,113H,13-26,29-30,33-61,64-66H2,1-10H3,(H11-,100,101,102,103,104,105,106,107,108,109,110,114,115,116,117,118,119,120,121,122,123,124)/p+1/b12-11-/t68-,73-,74+,75?,79+,80-,81?,82+,83+,87-,96+,97+,98-,99-/m0/s1. The summed E-state index contributed by atoms with van der Waals surface area (Å²) in [7, 11) is 6.22. The molecular weight excluding hydrogens is 1720 g/mol. The third kappa shape index (κ3) is 33.4. The molecule has 750 valence electrons. The number of rotatable bonds is 56. The van der Waals surface area contributed by atoms with Crippen molar-refractivity contribution in [1.29, 1.82) is 0 Å². The number of aromatic hydroxyl groups is 1. The average molecular weight is 1880 g/mol. The Labute approximate surface area is 792 Å². The predicted molar refractivity (Wildman–Crippen MR) is 507 cm³/mol. The van der Waals surface area contributed by atoms with Crippen molar-refractivity contribution < 1.29 is 110 Å². The molecule has 10 amide bonds. The zero-order valence-electron chi connectivity index (χ0n) is 81.4. The highest BCUT2D eigenvalue weighted by atomic mass is 16.6. The van der Waals surface area contributed by atoms with E-state index in [2.05, 4.69) is 100 Å². The maximum atomic E-state index is 14.9. The lowest BCUT2D eigenvalue weighted by Gasteiger charge is -2.56. The van der Waals surface area contributed by atoms with Gasteiger partial charge in [-0.3, -0.25) is 53.5 Å². The van der Waals surface area contributed by atoms with Gasteiger partial charge in [0.05, 0.1) is 176 Å². The number of nitrogens with two attached hydrogens (primary N) is 1. The number of unbranched alkanes of at least 4 members (excludes halogenated alkanes) is 1. The number of amides is 10. The molecule has 2 aromatic rings. The highest BCUT2D eigenvalue weighted by Crippen LogP contribution is 2.60. The van der Waals surface area contributed by atoms with Crippen LogP contribution < -0.4 is 53.7 Å². The minimum absolute atomic E-state index is 0.0123. The summed E-state index contributed by atoms with van der Waals surface area (Å²) in [6, 6.07) is 6.04. The SMILES string of the molecule is CC(C)[C@H](NC(=O)[C@@H](CCCCNC(=O)COC1CCCCCC(=NCCOCCOCCOCCOCCC(=O)NCC[N+](C)(C)C)C1=NN)NC(=O)CCOCCOCCOCCOCCNC(=O)OCC1[C@H]2CC/C=C\CC[C@@H]12)C(=O)N[C@@H](C)C(=O)N[C@@H](CO)C(=O)Nc1ccc2c(c1)[C@@]1(C)CCC[C@](C)(C(=O)NC(=O)[C@@]3(C)CCC[C@]4(C)c5cc(O)ccc5CC[C@@H]34)[C@@H]1CC2. The van der Waals surface area contributed by atoms with Gasteiger partial charge in [0, 0.05) is 31.6 Å². The van der Waals surface area contributed by atoms with E-state index in [0.29, 0.717) is 205 Å². The Morgan fingerprint density at radius 1 is 0.530 bits per heavy atom. The van der Waals surface area contributed by atoms with Crippen LogP contribution in [0.15, 0.2) is 58.6 Å². The monoisotopic (exact) mass is 1880 g/mol. The van der Waals surface area contributed by atoms with Gasteiger partial charge in [-0.1, -0.05) is 91.5 Å². The first-order chi connectivity index (χ1) is 64.3. The van der Waals surface area contributed by atoms with Crippen molar-refractivity contribution in [1.82, 2.24) is 42.5 Å². The molecule has 35 heteroatoms. The van der Waals surface area contributed by atoms with E-state index in [1.54, 1.807) is 26.0 Å². The molecule has 9 rings (SSSR count). The first-order valence-electron chi connectivity index (χ1n) is 49.2. The number of carbonyl (C=O) groups is 10. The number of anilines is 1. The molecule has 14 atom stereocenters. The van der Waals surface area contributed by atoms with Crippen LogP contribution in [0, 0.1) is 46.3 Å². The molecule has 0 spiro atoms. The Bertz CT molecular complexity index is 4210. The van der Waals surface area contributed by atoms with Gasteiger partial charge in [0.2, 0.25) is 53.2 Å². The number of likely N-dealkylation sites (N-methyl/N-ethyl adjacent to an activating group) is 1. The van der Waals surface area contributed by atoms with Crippen LogP contribution in [0.25, 0.3) is 0 Å².